The van der Waals surface area contributed by atoms with Crippen molar-refractivity contribution in [2.75, 3.05) is 23.3 Å². The molecule has 0 spiro atoms. The van der Waals surface area contributed by atoms with E-state index in [9.17, 15) is 4.79 Å². The minimum absolute atomic E-state index is 0.250. The Bertz CT molecular complexity index is 713. The highest BCUT2D eigenvalue weighted by Gasteiger charge is 2.14. The molecule has 24 heavy (non-hydrogen) atoms. The van der Waals surface area contributed by atoms with Gasteiger partial charge in [-0.05, 0) is 31.0 Å². The van der Waals surface area contributed by atoms with Crippen LogP contribution in [0.2, 0.25) is 10.0 Å². The van der Waals surface area contributed by atoms with E-state index in [0.29, 0.717) is 15.7 Å². The number of hydrogen-bond acceptors (Lipinski definition) is 4. The van der Waals surface area contributed by atoms with Crippen molar-refractivity contribution in [3.8, 4) is 0 Å². The standard InChI is InChI=1S/C17H18Cl2N4O/c18-12-5-6-14(13(19)9-12)22-17(24)15-10-21-16(11-20-15)23-7-3-1-2-4-8-23/h5-6,9-11H,1-4,7-8H2,(H,22,24). The Morgan fingerprint density at radius 1 is 1.04 bits per heavy atom. The summed E-state index contributed by atoms with van der Waals surface area (Å²) in [6, 6.07) is 4.89. The molecular formula is C17H18Cl2N4O. The van der Waals surface area contributed by atoms with E-state index in [1.807, 2.05) is 0 Å². The number of halogens is 2. The summed E-state index contributed by atoms with van der Waals surface area (Å²) in [4.78, 5) is 23.1. The molecule has 1 aliphatic rings. The van der Waals surface area contributed by atoms with Crippen LogP contribution >= 0.6 is 23.2 Å². The maximum Gasteiger partial charge on any atom is 0.275 e. The molecule has 0 saturated carbocycles. The van der Waals surface area contributed by atoms with Crippen LogP contribution in [0.5, 0.6) is 0 Å². The fraction of sp³-hybridized carbons (Fsp3) is 0.353. The predicted molar refractivity (Wildman–Crippen MR) is 97.1 cm³/mol. The van der Waals surface area contributed by atoms with Crippen LogP contribution in [0, 0.1) is 0 Å². The smallest absolute Gasteiger partial charge is 0.275 e. The van der Waals surface area contributed by atoms with Gasteiger partial charge in [0.05, 0.1) is 23.1 Å². The van der Waals surface area contributed by atoms with Gasteiger partial charge in [0.2, 0.25) is 0 Å². The molecular weight excluding hydrogens is 347 g/mol. The highest BCUT2D eigenvalue weighted by Crippen LogP contribution is 2.25. The van der Waals surface area contributed by atoms with Gasteiger partial charge in [0.1, 0.15) is 11.5 Å². The van der Waals surface area contributed by atoms with E-state index in [-0.39, 0.29) is 11.6 Å². The lowest BCUT2D eigenvalue weighted by molar-refractivity contribution is 0.102. The Labute approximate surface area is 151 Å². The van der Waals surface area contributed by atoms with Gasteiger partial charge in [-0.2, -0.15) is 0 Å². The van der Waals surface area contributed by atoms with Crippen molar-refractivity contribution in [2.24, 2.45) is 0 Å². The lowest BCUT2D eigenvalue weighted by Gasteiger charge is -2.20. The number of benzene rings is 1. The molecule has 2 aromatic rings. The maximum absolute atomic E-state index is 12.3. The normalized spacial score (nSPS) is 15.0. The number of hydrogen-bond donors (Lipinski definition) is 1. The van der Waals surface area contributed by atoms with Gasteiger partial charge >= 0.3 is 0 Å². The van der Waals surface area contributed by atoms with Gasteiger partial charge in [-0.15, -0.1) is 0 Å². The fourth-order valence-corrected chi connectivity index (χ4v) is 3.13. The second-order valence-electron chi connectivity index (χ2n) is 5.74. The van der Waals surface area contributed by atoms with Crippen molar-refractivity contribution in [1.29, 1.82) is 0 Å². The number of carbonyl (C=O) groups is 1. The molecule has 1 aliphatic heterocycles. The summed E-state index contributed by atoms with van der Waals surface area (Å²) in [5.41, 5.74) is 0.740. The molecule has 0 aliphatic carbocycles. The lowest BCUT2D eigenvalue weighted by atomic mass is 10.2. The summed E-state index contributed by atoms with van der Waals surface area (Å²) in [7, 11) is 0. The Kier molecular flexibility index (Phi) is 5.53. The average Bonchev–Trinajstić information content (AvgIpc) is 2.87. The summed E-state index contributed by atoms with van der Waals surface area (Å²) in [5.74, 6) is 0.465. The quantitative estimate of drug-likeness (QED) is 0.875. The number of rotatable bonds is 3. The lowest BCUT2D eigenvalue weighted by Crippen LogP contribution is -2.25. The van der Waals surface area contributed by atoms with Crippen molar-refractivity contribution < 1.29 is 4.79 Å². The summed E-state index contributed by atoms with van der Waals surface area (Å²) in [5, 5.41) is 3.61. The first-order valence-electron chi connectivity index (χ1n) is 7.97. The molecule has 0 bridgehead atoms. The van der Waals surface area contributed by atoms with Crippen LogP contribution in [0.15, 0.2) is 30.6 Å². The monoisotopic (exact) mass is 364 g/mol. The van der Waals surface area contributed by atoms with Crippen LogP contribution in [0.25, 0.3) is 0 Å². The number of amides is 1. The van der Waals surface area contributed by atoms with Gasteiger partial charge < -0.3 is 10.2 Å². The summed E-state index contributed by atoms with van der Waals surface area (Å²) >= 11 is 11.9. The number of anilines is 2. The van der Waals surface area contributed by atoms with Crippen LogP contribution in [-0.4, -0.2) is 29.0 Å². The zero-order chi connectivity index (χ0) is 16.9. The first kappa shape index (κ1) is 17.0. The topological polar surface area (TPSA) is 58.1 Å². The summed E-state index contributed by atoms with van der Waals surface area (Å²) in [6.45, 7) is 1.97. The van der Waals surface area contributed by atoms with E-state index in [1.165, 1.54) is 31.9 Å². The van der Waals surface area contributed by atoms with Gasteiger partial charge in [-0.3, -0.25) is 4.79 Å². The minimum atomic E-state index is -0.353. The van der Waals surface area contributed by atoms with Crippen molar-refractivity contribution in [1.82, 2.24) is 9.97 Å². The Morgan fingerprint density at radius 2 is 1.79 bits per heavy atom. The predicted octanol–water partition coefficient (Wildman–Crippen LogP) is 4.42. The molecule has 7 heteroatoms. The van der Waals surface area contributed by atoms with Gasteiger partial charge in [-0.25, -0.2) is 9.97 Å². The number of carbonyl (C=O) groups excluding carboxylic acids is 1. The number of nitrogens with zero attached hydrogens (tertiary/aromatic N) is 3. The van der Waals surface area contributed by atoms with Gasteiger partial charge in [0.25, 0.3) is 5.91 Å². The Morgan fingerprint density at radius 3 is 2.42 bits per heavy atom. The van der Waals surface area contributed by atoms with Crippen LogP contribution < -0.4 is 10.2 Å². The number of aromatic nitrogens is 2. The molecule has 1 N–H and O–H groups in total. The van der Waals surface area contributed by atoms with E-state index in [0.717, 1.165) is 18.9 Å². The van der Waals surface area contributed by atoms with Crippen molar-refractivity contribution >= 4 is 40.6 Å². The van der Waals surface area contributed by atoms with E-state index in [2.05, 4.69) is 20.2 Å². The SMILES string of the molecule is O=C(Nc1ccc(Cl)cc1Cl)c1cnc(N2CCCCCC2)cn1. The van der Waals surface area contributed by atoms with E-state index < -0.39 is 0 Å². The molecule has 5 nitrogen and oxygen atoms in total. The van der Waals surface area contributed by atoms with E-state index in [4.69, 9.17) is 23.2 Å². The maximum atomic E-state index is 12.3. The van der Waals surface area contributed by atoms with Crippen molar-refractivity contribution in [2.45, 2.75) is 25.7 Å². The van der Waals surface area contributed by atoms with Gasteiger partial charge in [0.15, 0.2) is 0 Å². The largest absolute Gasteiger partial charge is 0.355 e. The molecule has 0 atom stereocenters. The molecule has 1 aromatic heterocycles. The average molecular weight is 365 g/mol. The van der Waals surface area contributed by atoms with Crippen LogP contribution in [0.4, 0.5) is 11.5 Å². The molecule has 1 fully saturated rings. The van der Waals surface area contributed by atoms with Crippen LogP contribution in [0.1, 0.15) is 36.2 Å². The van der Waals surface area contributed by atoms with Crippen molar-refractivity contribution in [3.63, 3.8) is 0 Å². The van der Waals surface area contributed by atoms with Gasteiger partial charge in [0, 0.05) is 18.1 Å². The first-order chi connectivity index (χ1) is 11.6. The summed E-state index contributed by atoms with van der Waals surface area (Å²) < 4.78 is 0. The Balaban J connectivity index is 1.69. The molecule has 1 aromatic carbocycles. The van der Waals surface area contributed by atoms with E-state index >= 15 is 0 Å². The van der Waals surface area contributed by atoms with E-state index in [1.54, 1.807) is 24.4 Å². The first-order valence-corrected chi connectivity index (χ1v) is 8.72. The molecule has 1 amide bonds. The zero-order valence-electron chi connectivity index (χ0n) is 13.1. The molecule has 0 radical (unpaired) electrons. The zero-order valence-corrected chi connectivity index (χ0v) is 14.6. The minimum Gasteiger partial charge on any atom is -0.355 e. The molecule has 1 saturated heterocycles. The molecule has 0 unspecified atom stereocenters. The highest BCUT2D eigenvalue weighted by atomic mass is 35.5. The third-order valence-corrected chi connectivity index (χ3v) is 4.53. The van der Waals surface area contributed by atoms with Crippen molar-refractivity contribution in [3.05, 3.63) is 46.3 Å². The summed E-state index contributed by atoms with van der Waals surface area (Å²) in [6.07, 6.45) is 8.00. The molecule has 126 valence electrons. The third-order valence-electron chi connectivity index (χ3n) is 3.98. The van der Waals surface area contributed by atoms with Crippen LogP contribution in [0.3, 0.4) is 0 Å². The van der Waals surface area contributed by atoms with Gasteiger partial charge in [-0.1, -0.05) is 36.0 Å². The second kappa shape index (κ2) is 7.81. The second-order valence-corrected chi connectivity index (χ2v) is 6.58. The number of nitrogens with one attached hydrogen (secondary N) is 1. The third kappa shape index (κ3) is 4.16. The highest BCUT2D eigenvalue weighted by molar-refractivity contribution is 6.36. The van der Waals surface area contributed by atoms with Crippen LogP contribution in [-0.2, 0) is 0 Å². The molecule has 2 heterocycles. The Hall–Kier alpha value is -1.85. The fourth-order valence-electron chi connectivity index (χ4n) is 2.68. The molecule has 3 rings (SSSR count).